The minimum Gasteiger partial charge on any atom is -0.286 e. The van der Waals surface area contributed by atoms with Gasteiger partial charge in [-0.05, 0) is 38.5 Å². The molecule has 0 unspecified atom stereocenters. The molecule has 0 N–H and O–H groups in total. The summed E-state index contributed by atoms with van der Waals surface area (Å²) in [6, 6.07) is 5.77. The highest BCUT2D eigenvalue weighted by Gasteiger charge is 2.17. The molecule has 0 bridgehead atoms. The molecular formula is C13H16N2OS. The summed E-state index contributed by atoms with van der Waals surface area (Å²) < 4.78 is 1.79. The topological polar surface area (TPSA) is 34.9 Å². The predicted octanol–water partition coefficient (Wildman–Crippen LogP) is 3.07. The number of aromatic nitrogens is 2. The SMILES string of the molecule is CCc1cc(C(=O)c2ccc(C)s2)n(CC)n1. The van der Waals surface area contributed by atoms with Crippen LogP contribution in [0.25, 0.3) is 0 Å². The molecule has 4 heteroatoms. The second-order valence-corrected chi connectivity index (χ2v) is 5.22. The van der Waals surface area contributed by atoms with E-state index < -0.39 is 0 Å². The van der Waals surface area contributed by atoms with Gasteiger partial charge >= 0.3 is 0 Å². The van der Waals surface area contributed by atoms with Crippen LogP contribution in [-0.2, 0) is 13.0 Å². The van der Waals surface area contributed by atoms with Crippen molar-refractivity contribution < 1.29 is 4.79 Å². The van der Waals surface area contributed by atoms with Gasteiger partial charge in [0.1, 0.15) is 5.69 Å². The molecule has 0 aromatic carbocycles. The Balaban J connectivity index is 2.39. The summed E-state index contributed by atoms with van der Waals surface area (Å²) in [7, 11) is 0. The average molecular weight is 248 g/mol. The number of aryl methyl sites for hydroxylation is 3. The lowest BCUT2D eigenvalue weighted by Crippen LogP contribution is -2.09. The molecule has 2 aromatic rings. The van der Waals surface area contributed by atoms with Gasteiger partial charge in [-0.15, -0.1) is 11.3 Å². The van der Waals surface area contributed by atoms with Crippen molar-refractivity contribution in [2.75, 3.05) is 0 Å². The zero-order valence-electron chi connectivity index (χ0n) is 10.4. The van der Waals surface area contributed by atoms with Crippen molar-refractivity contribution in [3.8, 4) is 0 Å². The maximum absolute atomic E-state index is 12.3. The van der Waals surface area contributed by atoms with Crippen LogP contribution in [0, 0.1) is 6.92 Å². The quantitative estimate of drug-likeness (QED) is 0.779. The summed E-state index contributed by atoms with van der Waals surface area (Å²) in [6.07, 6.45) is 0.858. The molecule has 0 saturated heterocycles. The van der Waals surface area contributed by atoms with Crippen molar-refractivity contribution in [3.63, 3.8) is 0 Å². The number of hydrogen-bond acceptors (Lipinski definition) is 3. The normalized spacial score (nSPS) is 10.8. The molecule has 0 radical (unpaired) electrons. The summed E-state index contributed by atoms with van der Waals surface area (Å²) in [4.78, 5) is 14.3. The van der Waals surface area contributed by atoms with E-state index in [-0.39, 0.29) is 5.78 Å². The van der Waals surface area contributed by atoms with E-state index in [1.54, 1.807) is 4.68 Å². The number of hydrogen-bond donors (Lipinski definition) is 0. The van der Waals surface area contributed by atoms with E-state index in [0.717, 1.165) is 28.4 Å². The van der Waals surface area contributed by atoms with Gasteiger partial charge in [0.25, 0.3) is 0 Å². The Labute approximate surface area is 105 Å². The molecule has 2 rings (SSSR count). The monoisotopic (exact) mass is 248 g/mol. The smallest absolute Gasteiger partial charge is 0.220 e. The summed E-state index contributed by atoms with van der Waals surface area (Å²) >= 11 is 1.54. The van der Waals surface area contributed by atoms with Gasteiger partial charge in [0.15, 0.2) is 0 Å². The van der Waals surface area contributed by atoms with Crippen molar-refractivity contribution in [1.82, 2.24) is 9.78 Å². The molecular weight excluding hydrogens is 232 g/mol. The first-order valence-corrected chi connectivity index (χ1v) is 6.65. The third-order valence-electron chi connectivity index (χ3n) is 2.69. The Hall–Kier alpha value is -1.42. The molecule has 0 aliphatic heterocycles. The molecule has 2 aromatic heterocycles. The highest BCUT2D eigenvalue weighted by Crippen LogP contribution is 2.20. The lowest BCUT2D eigenvalue weighted by atomic mass is 10.2. The minimum atomic E-state index is 0.0807. The lowest BCUT2D eigenvalue weighted by Gasteiger charge is -2.01. The average Bonchev–Trinajstić information content (AvgIpc) is 2.93. The summed E-state index contributed by atoms with van der Waals surface area (Å²) in [5.74, 6) is 0.0807. The van der Waals surface area contributed by atoms with Gasteiger partial charge < -0.3 is 0 Å². The molecule has 0 aliphatic carbocycles. The van der Waals surface area contributed by atoms with Gasteiger partial charge in [-0.1, -0.05) is 6.92 Å². The Bertz CT molecular complexity index is 539. The van der Waals surface area contributed by atoms with Crippen LogP contribution < -0.4 is 0 Å². The van der Waals surface area contributed by atoms with Crippen molar-refractivity contribution in [1.29, 1.82) is 0 Å². The van der Waals surface area contributed by atoms with Crippen LogP contribution in [-0.4, -0.2) is 15.6 Å². The van der Waals surface area contributed by atoms with Gasteiger partial charge in [-0.3, -0.25) is 9.48 Å². The molecule has 17 heavy (non-hydrogen) atoms. The maximum Gasteiger partial charge on any atom is 0.220 e. The summed E-state index contributed by atoms with van der Waals surface area (Å²) in [5, 5.41) is 4.40. The Morgan fingerprint density at radius 2 is 2.18 bits per heavy atom. The standard InChI is InChI=1S/C13H16N2OS/c1-4-10-8-11(15(5-2)14-10)13(16)12-7-6-9(3)17-12/h6-8H,4-5H2,1-3H3. The Morgan fingerprint density at radius 1 is 1.41 bits per heavy atom. The van der Waals surface area contributed by atoms with E-state index in [4.69, 9.17) is 0 Å². The first-order valence-electron chi connectivity index (χ1n) is 5.83. The number of thiophene rings is 1. The Morgan fingerprint density at radius 3 is 2.71 bits per heavy atom. The second kappa shape index (κ2) is 4.84. The fourth-order valence-electron chi connectivity index (χ4n) is 1.75. The van der Waals surface area contributed by atoms with E-state index in [1.807, 2.05) is 39.0 Å². The fourth-order valence-corrected chi connectivity index (χ4v) is 2.57. The van der Waals surface area contributed by atoms with Crippen molar-refractivity contribution in [2.45, 2.75) is 33.7 Å². The molecule has 0 aliphatic rings. The van der Waals surface area contributed by atoms with Gasteiger partial charge in [0, 0.05) is 11.4 Å². The zero-order valence-corrected chi connectivity index (χ0v) is 11.2. The van der Waals surface area contributed by atoms with E-state index in [9.17, 15) is 4.79 Å². The number of rotatable bonds is 4. The maximum atomic E-state index is 12.3. The van der Waals surface area contributed by atoms with Crippen molar-refractivity contribution in [2.24, 2.45) is 0 Å². The van der Waals surface area contributed by atoms with Crippen LogP contribution in [0.4, 0.5) is 0 Å². The van der Waals surface area contributed by atoms with Crippen LogP contribution in [0.15, 0.2) is 18.2 Å². The minimum absolute atomic E-state index is 0.0807. The lowest BCUT2D eigenvalue weighted by molar-refractivity contribution is 0.103. The highest BCUT2D eigenvalue weighted by atomic mass is 32.1. The number of carbonyl (C=O) groups is 1. The van der Waals surface area contributed by atoms with E-state index in [0.29, 0.717) is 5.69 Å². The van der Waals surface area contributed by atoms with Crippen LogP contribution in [0.2, 0.25) is 0 Å². The number of carbonyl (C=O) groups excluding carboxylic acids is 1. The zero-order chi connectivity index (χ0) is 12.4. The molecule has 0 amide bonds. The van der Waals surface area contributed by atoms with Crippen LogP contribution in [0.3, 0.4) is 0 Å². The van der Waals surface area contributed by atoms with Crippen LogP contribution in [0.5, 0.6) is 0 Å². The number of ketones is 1. The molecule has 0 fully saturated rings. The van der Waals surface area contributed by atoms with Gasteiger partial charge in [0.05, 0.1) is 10.6 Å². The molecule has 0 saturated carbocycles. The van der Waals surface area contributed by atoms with Crippen LogP contribution >= 0.6 is 11.3 Å². The van der Waals surface area contributed by atoms with Gasteiger partial charge in [-0.2, -0.15) is 5.10 Å². The second-order valence-electron chi connectivity index (χ2n) is 3.93. The first-order chi connectivity index (χ1) is 8.15. The molecule has 0 atom stereocenters. The van der Waals surface area contributed by atoms with E-state index in [1.165, 1.54) is 11.3 Å². The van der Waals surface area contributed by atoms with Crippen molar-refractivity contribution in [3.05, 3.63) is 39.3 Å². The first kappa shape index (κ1) is 12.0. The summed E-state index contributed by atoms with van der Waals surface area (Å²) in [5.41, 5.74) is 1.68. The molecule has 3 nitrogen and oxygen atoms in total. The third kappa shape index (κ3) is 2.31. The molecule has 90 valence electrons. The van der Waals surface area contributed by atoms with Gasteiger partial charge in [-0.25, -0.2) is 0 Å². The largest absolute Gasteiger partial charge is 0.286 e. The van der Waals surface area contributed by atoms with E-state index in [2.05, 4.69) is 5.10 Å². The van der Waals surface area contributed by atoms with E-state index >= 15 is 0 Å². The van der Waals surface area contributed by atoms with Gasteiger partial charge in [0.2, 0.25) is 5.78 Å². The molecule has 2 heterocycles. The van der Waals surface area contributed by atoms with Crippen LogP contribution in [0.1, 0.15) is 39.8 Å². The third-order valence-corrected chi connectivity index (χ3v) is 3.69. The number of nitrogens with zero attached hydrogens (tertiary/aromatic N) is 2. The highest BCUT2D eigenvalue weighted by molar-refractivity contribution is 7.14. The molecule has 0 spiro atoms. The Kier molecular flexibility index (Phi) is 3.43. The fraction of sp³-hybridized carbons (Fsp3) is 0.385. The summed E-state index contributed by atoms with van der Waals surface area (Å²) in [6.45, 7) is 6.79. The predicted molar refractivity (Wildman–Crippen MR) is 69.8 cm³/mol. The van der Waals surface area contributed by atoms with Crippen molar-refractivity contribution >= 4 is 17.1 Å².